The van der Waals surface area contributed by atoms with E-state index in [0.29, 0.717) is 5.56 Å². The molecule has 0 radical (unpaired) electrons. The molecule has 2 saturated carbocycles. The Morgan fingerprint density at radius 1 is 1.18 bits per heavy atom. The minimum Gasteiger partial charge on any atom is -0.504 e. The SMILES string of the molecule is CN(C)[C@@H]1C(=O)C(C(N)=O)C(=O)[C@@]2(O)C(=O)C3C(=O)c4c(cnc(NC(=O)CC(C)(C)C)c4O)C[C@H]3C[C@@H]12. The molecule has 0 spiro atoms. The lowest BCUT2D eigenvalue weighted by Gasteiger charge is -2.52. The van der Waals surface area contributed by atoms with E-state index in [-0.39, 0.29) is 36.1 Å². The second kappa shape index (κ2) is 9.05. The fourth-order valence-corrected chi connectivity index (χ4v) is 6.22. The van der Waals surface area contributed by atoms with Crippen LogP contribution < -0.4 is 11.1 Å². The Bertz CT molecular complexity index is 1280. The molecule has 0 saturated heterocycles. The molecule has 4 rings (SSSR count). The maximum Gasteiger partial charge on any atom is 0.235 e. The van der Waals surface area contributed by atoms with Gasteiger partial charge in [0.1, 0.15) is 0 Å². The molecular formula is C26H32N4O8. The quantitative estimate of drug-likeness (QED) is 0.374. The standard InChI is InChI=1S/C26H32N4O8/c1-25(2,3)8-13(31)29-24-20(34)14-11(9-28-24)6-10-7-12-17(30(4)5)19(33)16(23(27)37)22(36)26(12,38)21(35)15(10)18(14)32/h9-10,12,15-17,34,38H,6-8H2,1-5H3,(H2,27,37)(H,28,29,31)/t10-,12-,15?,16?,17-,26-/m0/s1. The van der Waals surface area contributed by atoms with Gasteiger partial charge in [0.25, 0.3) is 0 Å². The molecule has 1 heterocycles. The zero-order valence-corrected chi connectivity index (χ0v) is 21.9. The van der Waals surface area contributed by atoms with Gasteiger partial charge >= 0.3 is 0 Å². The molecule has 12 nitrogen and oxygen atoms in total. The highest BCUT2D eigenvalue weighted by atomic mass is 16.3. The molecule has 5 N–H and O–H groups in total. The molecular weight excluding hydrogens is 496 g/mol. The number of hydrogen-bond donors (Lipinski definition) is 4. The molecule has 1 aromatic heterocycles. The number of ketones is 4. The Morgan fingerprint density at radius 2 is 1.82 bits per heavy atom. The van der Waals surface area contributed by atoms with E-state index in [1.54, 1.807) is 0 Å². The molecule has 1 aromatic rings. The van der Waals surface area contributed by atoms with Gasteiger partial charge in [0.05, 0.1) is 17.5 Å². The first kappa shape index (κ1) is 27.5. The molecule has 0 aromatic carbocycles. The Balaban J connectivity index is 1.76. The summed E-state index contributed by atoms with van der Waals surface area (Å²) in [4.78, 5) is 83.7. The van der Waals surface area contributed by atoms with Crippen molar-refractivity contribution < 1.29 is 39.0 Å². The number of nitrogens with two attached hydrogens (primary N) is 1. The van der Waals surface area contributed by atoms with Crippen LogP contribution in [0.5, 0.6) is 5.75 Å². The number of aromatic nitrogens is 1. The number of aromatic hydroxyl groups is 1. The summed E-state index contributed by atoms with van der Waals surface area (Å²) in [7, 11) is 3.04. The number of amides is 2. The minimum absolute atomic E-state index is 0.0469. The topological polar surface area (TPSA) is 197 Å². The summed E-state index contributed by atoms with van der Waals surface area (Å²) in [5.74, 6) is -12.1. The van der Waals surface area contributed by atoms with Gasteiger partial charge in [-0.15, -0.1) is 0 Å². The molecule has 2 fully saturated rings. The third-order valence-corrected chi connectivity index (χ3v) is 7.75. The van der Waals surface area contributed by atoms with E-state index in [4.69, 9.17) is 5.73 Å². The van der Waals surface area contributed by atoms with Crippen molar-refractivity contribution in [1.29, 1.82) is 0 Å². The summed E-state index contributed by atoms with van der Waals surface area (Å²) >= 11 is 0. The van der Waals surface area contributed by atoms with E-state index in [0.717, 1.165) is 0 Å². The first-order valence-corrected chi connectivity index (χ1v) is 12.4. The van der Waals surface area contributed by atoms with Gasteiger partial charge in [-0.3, -0.25) is 33.7 Å². The Kier molecular flexibility index (Phi) is 6.56. The van der Waals surface area contributed by atoms with Crippen LogP contribution in [-0.2, 0) is 30.4 Å². The van der Waals surface area contributed by atoms with Crippen molar-refractivity contribution in [3.05, 3.63) is 17.3 Å². The van der Waals surface area contributed by atoms with Crippen LogP contribution in [0.3, 0.4) is 0 Å². The third kappa shape index (κ3) is 4.11. The number of nitrogens with zero attached hydrogens (tertiary/aromatic N) is 2. The van der Waals surface area contributed by atoms with Crippen LogP contribution in [0.2, 0.25) is 0 Å². The van der Waals surface area contributed by atoms with Gasteiger partial charge in [-0.25, -0.2) is 4.98 Å². The highest BCUT2D eigenvalue weighted by molar-refractivity contribution is 6.32. The lowest BCUT2D eigenvalue weighted by atomic mass is 9.52. The molecule has 0 aliphatic heterocycles. The highest BCUT2D eigenvalue weighted by Crippen LogP contribution is 2.51. The van der Waals surface area contributed by atoms with Crippen LogP contribution in [0.4, 0.5) is 5.82 Å². The van der Waals surface area contributed by atoms with Crippen LogP contribution >= 0.6 is 0 Å². The smallest absolute Gasteiger partial charge is 0.235 e. The lowest BCUT2D eigenvalue weighted by Crippen LogP contribution is -2.74. The van der Waals surface area contributed by atoms with Crippen molar-refractivity contribution in [3.63, 3.8) is 0 Å². The number of rotatable bonds is 4. The molecule has 2 amide bonds. The van der Waals surface area contributed by atoms with Gasteiger partial charge in [-0.05, 0) is 43.8 Å². The molecule has 2 unspecified atom stereocenters. The van der Waals surface area contributed by atoms with Crippen molar-refractivity contribution in [2.24, 2.45) is 34.8 Å². The first-order valence-electron chi connectivity index (χ1n) is 12.4. The molecule has 12 heteroatoms. The van der Waals surface area contributed by atoms with Gasteiger partial charge in [-0.2, -0.15) is 0 Å². The highest BCUT2D eigenvalue weighted by Gasteiger charge is 2.69. The summed E-state index contributed by atoms with van der Waals surface area (Å²) in [5.41, 5.74) is 2.29. The zero-order chi connectivity index (χ0) is 28.5. The fourth-order valence-electron chi connectivity index (χ4n) is 6.22. The van der Waals surface area contributed by atoms with Crippen LogP contribution in [0.1, 0.15) is 49.5 Å². The van der Waals surface area contributed by atoms with Gasteiger partial charge in [0, 0.05) is 18.5 Å². The van der Waals surface area contributed by atoms with E-state index < -0.39 is 76.0 Å². The van der Waals surface area contributed by atoms with Gasteiger partial charge in [0.15, 0.2) is 46.2 Å². The second-order valence-electron chi connectivity index (χ2n) is 11.9. The van der Waals surface area contributed by atoms with E-state index >= 15 is 0 Å². The second-order valence-corrected chi connectivity index (χ2v) is 11.9. The number of hydrogen-bond acceptors (Lipinski definition) is 10. The number of carbonyl (C=O) groups is 6. The molecule has 38 heavy (non-hydrogen) atoms. The Labute approximate surface area is 219 Å². The summed E-state index contributed by atoms with van der Waals surface area (Å²) in [6.07, 6.45) is 1.51. The number of aliphatic hydroxyl groups is 1. The van der Waals surface area contributed by atoms with Crippen molar-refractivity contribution >= 4 is 40.8 Å². The third-order valence-electron chi connectivity index (χ3n) is 7.75. The van der Waals surface area contributed by atoms with E-state index in [1.807, 2.05) is 20.8 Å². The number of primary amides is 1. The van der Waals surface area contributed by atoms with E-state index in [2.05, 4.69) is 10.3 Å². The zero-order valence-electron chi connectivity index (χ0n) is 21.9. The number of Topliss-reactive ketones (excluding diaryl/α,β-unsaturated/α-hetero) is 4. The van der Waals surface area contributed by atoms with Crippen LogP contribution in [0, 0.1) is 29.1 Å². The number of carbonyl (C=O) groups excluding carboxylic acids is 6. The molecule has 0 bridgehead atoms. The van der Waals surface area contributed by atoms with E-state index in [9.17, 15) is 39.0 Å². The molecule has 6 atom stereocenters. The van der Waals surface area contributed by atoms with Crippen molar-refractivity contribution in [2.45, 2.75) is 51.7 Å². The van der Waals surface area contributed by atoms with Gasteiger partial charge in [0.2, 0.25) is 11.8 Å². The fraction of sp³-hybridized carbons (Fsp3) is 0.577. The largest absolute Gasteiger partial charge is 0.504 e. The number of anilines is 1. The molecule has 204 valence electrons. The average molecular weight is 529 g/mol. The maximum atomic E-state index is 13.8. The molecule has 3 aliphatic rings. The van der Waals surface area contributed by atoms with Gasteiger partial charge in [-0.1, -0.05) is 20.8 Å². The van der Waals surface area contributed by atoms with Crippen LogP contribution in [0.25, 0.3) is 0 Å². The van der Waals surface area contributed by atoms with E-state index in [1.165, 1.54) is 25.2 Å². The predicted molar refractivity (Wildman–Crippen MR) is 132 cm³/mol. The maximum absolute atomic E-state index is 13.8. The summed E-state index contributed by atoms with van der Waals surface area (Å²) in [6.45, 7) is 5.56. The van der Waals surface area contributed by atoms with Crippen molar-refractivity contribution in [2.75, 3.05) is 19.4 Å². The van der Waals surface area contributed by atoms with Crippen molar-refractivity contribution in [1.82, 2.24) is 9.88 Å². The van der Waals surface area contributed by atoms with Crippen LogP contribution in [0.15, 0.2) is 6.20 Å². The average Bonchev–Trinajstić information content (AvgIpc) is 2.76. The van der Waals surface area contributed by atoms with Crippen molar-refractivity contribution in [3.8, 4) is 5.75 Å². The minimum atomic E-state index is -2.79. The summed E-state index contributed by atoms with van der Waals surface area (Å²) in [6, 6.07) is -1.16. The Hall–Kier alpha value is -3.51. The normalized spacial score (nSPS) is 31.0. The number of likely N-dealkylation sites (N-methyl/N-ethyl adjacent to an activating group) is 1. The monoisotopic (exact) mass is 528 g/mol. The number of pyridine rings is 1. The lowest BCUT2D eigenvalue weighted by molar-refractivity contribution is -0.181. The number of fused-ring (bicyclic) bond motifs is 3. The van der Waals surface area contributed by atoms with Gasteiger partial charge < -0.3 is 21.3 Å². The number of nitrogens with one attached hydrogen (secondary N) is 1. The molecule has 3 aliphatic carbocycles. The summed E-state index contributed by atoms with van der Waals surface area (Å²) in [5, 5.41) is 24.9. The Morgan fingerprint density at radius 3 is 2.37 bits per heavy atom. The predicted octanol–water partition coefficient (Wildman–Crippen LogP) is -0.363. The summed E-state index contributed by atoms with van der Waals surface area (Å²) < 4.78 is 0. The first-order chi connectivity index (χ1) is 17.5. The van der Waals surface area contributed by atoms with Crippen LogP contribution in [-0.4, -0.2) is 80.8 Å².